The van der Waals surface area contributed by atoms with Crippen molar-refractivity contribution in [2.75, 3.05) is 6.61 Å². The van der Waals surface area contributed by atoms with Gasteiger partial charge in [-0.3, -0.25) is 0 Å². The van der Waals surface area contributed by atoms with Crippen LogP contribution >= 0.6 is 0 Å². The first-order valence-corrected chi connectivity index (χ1v) is 5.46. The van der Waals surface area contributed by atoms with Gasteiger partial charge in [-0.2, -0.15) is 0 Å². The van der Waals surface area contributed by atoms with Gasteiger partial charge in [-0.15, -0.1) is 0 Å². The lowest BCUT2D eigenvalue weighted by Gasteiger charge is -2.34. The third kappa shape index (κ3) is 1.65. The Kier molecular flexibility index (Phi) is 2.29. The number of nitrogens with zero attached hydrogens (tertiary/aromatic N) is 1. The van der Waals surface area contributed by atoms with E-state index in [0.29, 0.717) is 5.92 Å². The van der Waals surface area contributed by atoms with Crippen LogP contribution < -0.4 is 4.74 Å². The number of rotatable bonds is 3. The van der Waals surface area contributed by atoms with Gasteiger partial charge < -0.3 is 14.3 Å². The Balaban J connectivity index is 1.70. The molecule has 0 amide bonds. The summed E-state index contributed by atoms with van der Waals surface area (Å²) in [6.45, 7) is 0.266. The molecular weight excluding hydrogens is 206 g/mol. The van der Waals surface area contributed by atoms with Crippen LogP contribution in [0.1, 0.15) is 12.8 Å². The van der Waals surface area contributed by atoms with Crippen LogP contribution in [0.4, 0.5) is 0 Å². The Hall–Kier alpha value is -1.55. The first-order valence-electron chi connectivity index (χ1n) is 5.46. The minimum Gasteiger partial charge on any atom is -0.490 e. The van der Waals surface area contributed by atoms with Crippen LogP contribution in [0, 0.1) is 5.92 Å². The summed E-state index contributed by atoms with van der Waals surface area (Å²) in [5.41, 5.74) is 1.59. The maximum absolute atomic E-state index is 8.91. The summed E-state index contributed by atoms with van der Waals surface area (Å²) in [5, 5.41) is 8.91. The van der Waals surface area contributed by atoms with Gasteiger partial charge in [-0.1, -0.05) is 0 Å². The number of hydrogen-bond acceptors (Lipinski definition) is 4. The second-order valence-electron chi connectivity index (χ2n) is 4.24. The van der Waals surface area contributed by atoms with Gasteiger partial charge in [0, 0.05) is 12.7 Å². The Morgan fingerprint density at radius 3 is 3.12 bits per heavy atom. The third-order valence-electron chi connectivity index (χ3n) is 3.06. The third-order valence-corrected chi connectivity index (χ3v) is 3.06. The van der Waals surface area contributed by atoms with Crippen LogP contribution in [0.5, 0.6) is 5.75 Å². The summed E-state index contributed by atoms with van der Waals surface area (Å²) in [6, 6.07) is 5.63. The highest BCUT2D eigenvalue weighted by Gasteiger charge is 2.30. The number of benzene rings is 1. The molecule has 1 aliphatic rings. The molecule has 1 aromatic carbocycles. The Bertz CT molecular complexity index is 488. The lowest BCUT2D eigenvalue weighted by atomic mass is 9.83. The standard InChI is InChI=1S/C12H13NO3/c14-6-8-3-10(4-8)16-9-1-2-12-11(5-9)13-7-15-12/h1-2,5,7-8,10,14H,3-4,6H2. The van der Waals surface area contributed by atoms with Gasteiger partial charge in [0.1, 0.15) is 11.3 Å². The summed E-state index contributed by atoms with van der Waals surface area (Å²) in [4.78, 5) is 4.07. The molecule has 2 aromatic rings. The van der Waals surface area contributed by atoms with E-state index in [2.05, 4.69) is 4.98 Å². The fraction of sp³-hybridized carbons (Fsp3) is 0.417. The summed E-state index contributed by atoms with van der Waals surface area (Å²) >= 11 is 0. The SMILES string of the molecule is OCC1CC(Oc2ccc3ocnc3c2)C1. The molecule has 84 valence electrons. The van der Waals surface area contributed by atoms with Crippen LogP contribution in [0.15, 0.2) is 29.0 Å². The molecular formula is C12H13NO3. The highest BCUT2D eigenvalue weighted by molar-refractivity contribution is 5.73. The van der Waals surface area contributed by atoms with E-state index in [4.69, 9.17) is 14.3 Å². The van der Waals surface area contributed by atoms with Gasteiger partial charge in [-0.05, 0) is 30.9 Å². The normalized spacial score (nSPS) is 24.3. The summed E-state index contributed by atoms with van der Waals surface area (Å²) in [5.74, 6) is 1.24. The van der Waals surface area contributed by atoms with Crippen LogP contribution in [0.3, 0.4) is 0 Å². The monoisotopic (exact) mass is 219 g/mol. The van der Waals surface area contributed by atoms with Crippen molar-refractivity contribution in [1.82, 2.24) is 4.98 Å². The minimum absolute atomic E-state index is 0.238. The fourth-order valence-corrected chi connectivity index (χ4v) is 2.02. The average Bonchev–Trinajstić information content (AvgIpc) is 2.69. The molecule has 0 spiro atoms. The van der Waals surface area contributed by atoms with Gasteiger partial charge in [0.05, 0.1) is 6.10 Å². The molecule has 0 atom stereocenters. The number of aromatic nitrogens is 1. The van der Waals surface area contributed by atoms with Crippen LogP contribution in [-0.2, 0) is 0 Å². The zero-order valence-corrected chi connectivity index (χ0v) is 8.80. The van der Waals surface area contributed by atoms with Crippen LogP contribution in [-0.4, -0.2) is 22.8 Å². The Morgan fingerprint density at radius 1 is 1.44 bits per heavy atom. The van der Waals surface area contributed by atoms with Crippen molar-refractivity contribution in [2.45, 2.75) is 18.9 Å². The van der Waals surface area contributed by atoms with Gasteiger partial charge >= 0.3 is 0 Å². The van der Waals surface area contributed by atoms with Gasteiger partial charge in [0.25, 0.3) is 0 Å². The maximum atomic E-state index is 8.91. The predicted octanol–water partition coefficient (Wildman–Crippen LogP) is 1.98. The zero-order chi connectivity index (χ0) is 11.0. The largest absolute Gasteiger partial charge is 0.490 e. The molecule has 0 unspecified atom stereocenters. The molecule has 0 saturated heterocycles. The van der Waals surface area contributed by atoms with E-state index in [1.165, 1.54) is 6.39 Å². The molecule has 1 fully saturated rings. The van der Waals surface area contributed by atoms with Crippen molar-refractivity contribution in [3.63, 3.8) is 0 Å². The second-order valence-corrected chi connectivity index (χ2v) is 4.24. The van der Waals surface area contributed by atoms with E-state index in [-0.39, 0.29) is 12.7 Å². The fourth-order valence-electron chi connectivity index (χ4n) is 2.02. The molecule has 1 heterocycles. The lowest BCUT2D eigenvalue weighted by Crippen LogP contribution is -2.35. The quantitative estimate of drug-likeness (QED) is 0.857. The minimum atomic E-state index is 0.238. The molecule has 1 N–H and O–H groups in total. The first-order chi connectivity index (χ1) is 7.85. The highest BCUT2D eigenvalue weighted by atomic mass is 16.5. The van der Waals surface area contributed by atoms with Gasteiger partial charge in [-0.25, -0.2) is 4.98 Å². The van der Waals surface area contributed by atoms with Crippen molar-refractivity contribution >= 4 is 11.1 Å². The molecule has 0 bridgehead atoms. The number of aliphatic hydroxyl groups is 1. The molecule has 0 aliphatic heterocycles. The van der Waals surface area contributed by atoms with Crippen molar-refractivity contribution in [1.29, 1.82) is 0 Å². The molecule has 1 aliphatic carbocycles. The summed E-state index contributed by atoms with van der Waals surface area (Å²) < 4.78 is 10.9. The topological polar surface area (TPSA) is 55.5 Å². The molecule has 16 heavy (non-hydrogen) atoms. The number of ether oxygens (including phenoxy) is 1. The van der Waals surface area contributed by atoms with Gasteiger partial charge in [0.15, 0.2) is 12.0 Å². The number of aliphatic hydroxyl groups excluding tert-OH is 1. The molecule has 0 radical (unpaired) electrons. The second kappa shape index (κ2) is 3.79. The zero-order valence-electron chi connectivity index (χ0n) is 8.80. The molecule has 1 saturated carbocycles. The number of hydrogen-bond donors (Lipinski definition) is 1. The lowest BCUT2D eigenvalue weighted by molar-refractivity contribution is 0.0325. The van der Waals surface area contributed by atoms with E-state index in [1.54, 1.807) is 0 Å². The van der Waals surface area contributed by atoms with E-state index in [9.17, 15) is 0 Å². The van der Waals surface area contributed by atoms with Gasteiger partial charge in [0.2, 0.25) is 0 Å². The smallest absolute Gasteiger partial charge is 0.181 e. The predicted molar refractivity (Wildman–Crippen MR) is 58.2 cm³/mol. The Labute approximate surface area is 92.9 Å². The van der Waals surface area contributed by atoms with E-state index >= 15 is 0 Å². The molecule has 4 nitrogen and oxygen atoms in total. The molecule has 1 aromatic heterocycles. The Morgan fingerprint density at radius 2 is 2.31 bits per heavy atom. The summed E-state index contributed by atoms with van der Waals surface area (Å²) in [7, 11) is 0. The average molecular weight is 219 g/mol. The van der Waals surface area contributed by atoms with Crippen molar-refractivity contribution in [3.05, 3.63) is 24.6 Å². The van der Waals surface area contributed by atoms with Crippen molar-refractivity contribution in [2.24, 2.45) is 5.92 Å². The van der Waals surface area contributed by atoms with Crippen molar-refractivity contribution < 1.29 is 14.3 Å². The number of fused-ring (bicyclic) bond motifs is 1. The van der Waals surface area contributed by atoms with Crippen molar-refractivity contribution in [3.8, 4) is 5.75 Å². The maximum Gasteiger partial charge on any atom is 0.181 e. The number of oxazole rings is 1. The van der Waals surface area contributed by atoms with Crippen LogP contribution in [0.25, 0.3) is 11.1 Å². The summed E-state index contributed by atoms with van der Waals surface area (Å²) in [6.07, 6.45) is 3.54. The highest BCUT2D eigenvalue weighted by Crippen LogP contribution is 2.31. The first kappa shape index (κ1) is 9.66. The van der Waals surface area contributed by atoms with E-state index < -0.39 is 0 Å². The molecule has 3 rings (SSSR count). The van der Waals surface area contributed by atoms with Crippen LogP contribution in [0.2, 0.25) is 0 Å². The molecule has 4 heteroatoms. The van der Waals surface area contributed by atoms with E-state index in [1.807, 2.05) is 18.2 Å². The van der Waals surface area contributed by atoms with E-state index in [0.717, 1.165) is 29.7 Å².